The van der Waals surface area contributed by atoms with Crippen LogP contribution in [0.3, 0.4) is 0 Å². The van der Waals surface area contributed by atoms with E-state index in [2.05, 4.69) is 30.7 Å². The number of benzene rings is 2. The Morgan fingerprint density at radius 2 is 1.93 bits per heavy atom. The van der Waals surface area contributed by atoms with Crippen LogP contribution in [-0.4, -0.2) is 29.1 Å². The minimum atomic E-state index is -0.650. The van der Waals surface area contributed by atoms with Crippen molar-refractivity contribution in [2.24, 2.45) is 5.73 Å². The smallest absolute Gasteiger partial charge is 0.411 e. The van der Waals surface area contributed by atoms with Crippen LogP contribution in [0.2, 0.25) is 5.02 Å². The molecule has 0 aliphatic heterocycles. The molecule has 30 heavy (non-hydrogen) atoms. The van der Waals surface area contributed by atoms with Crippen molar-refractivity contribution in [2.75, 3.05) is 23.1 Å². The van der Waals surface area contributed by atoms with Gasteiger partial charge in [-0.05, 0) is 23.8 Å². The molecule has 1 heterocycles. The molecule has 0 aliphatic carbocycles. The van der Waals surface area contributed by atoms with E-state index >= 15 is 0 Å². The Hall–Kier alpha value is -3.85. The third-order valence-electron chi connectivity index (χ3n) is 4.00. The third kappa shape index (κ3) is 5.36. The number of halogens is 1. The van der Waals surface area contributed by atoms with E-state index in [1.54, 1.807) is 18.2 Å². The highest BCUT2D eigenvalue weighted by atomic mass is 35.5. The number of anilines is 4. The lowest BCUT2D eigenvalue weighted by atomic mass is 10.2. The van der Waals surface area contributed by atoms with Crippen molar-refractivity contribution in [3.05, 3.63) is 70.9 Å². The molecule has 3 rings (SSSR count). The maximum Gasteiger partial charge on any atom is 0.411 e. The van der Waals surface area contributed by atoms with Gasteiger partial charge in [0, 0.05) is 18.4 Å². The highest BCUT2D eigenvalue weighted by molar-refractivity contribution is 6.33. The summed E-state index contributed by atoms with van der Waals surface area (Å²) in [4.78, 5) is 31.7. The molecule has 0 bridgehead atoms. The maximum atomic E-state index is 11.7. The first kappa shape index (κ1) is 20.9. The van der Waals surface area contributed by atoms with Gasteiger partial charge in [-0.3, -0.25) is 10.1 Å². The van der Waals surface area contributed by atoms with E-state index in [9.17, 15) is 9.59 Å². The number of nitrogens with two attached hydrogens (primary N) is 1. The van der Waals surface area contributed by atoms with Crippen LogP contribution in [0, 0.1) is 0 Å². The maximum absolute atomic E-state index is 11.7. The lowest BCUT2D eigenvalue weighted by molar-refractivity contribution is 0.100. The molecule has 0 saturated heterocycles. The predicted octanol–water partition coefficient (Wildman–Crippen LogP) is 3.76. The summed E-state index contributed by atoms with van der Waals surface area (Å²) in [6.45, 7) is 0.450. The zero-order valence-electron chi connectivity index (χ0n) is 16.0. The molecule has 2 amide bonds. The Balaban J connectivity index is 1.82. The summed E-state index contributed by atoms with van der Waals surface area (Å²) in [5, 5.41) is 8.95. The molecule has 0 saturated carbocycles. The van der Waals surface area contributed by atoms with Gasteiger partial charge in [0.05, 0.1) is 23.4 Å². The Morgan fingerprint density at radius 3 is 2.63 bits per heavy atom. The van der Waals surface area contributed by atoms with Gasteiger partial charge in [-0.15, -0.1) is 0 Å². The average molecular weight is 427 g/mol. The standard InChI is InChI=1S/C20H19ClN6O3/c1-30-20(29)26-16-9-13(7-8-15(16)21)25-19-24-11-14(17(22)28)18(27-19)23-10-12-5-3-2-4-6-12/h2-9,11H,10H2,1H3,(H2,22,28)(H,26,29)(H2,23,24,25,27). The van der Waals surface area contributed by atoms with Crippen LogP contribution < -0.4 is 21.7 Å². The summed E-state index contributed by atoms with van der Waals surface area (Å²) < 4.78 is 4.58. The fourth-order valence-corrected chi connectivity index (χ4v) is 2.69. The van der Waals surface area contributed by atoms with Crippen LogP contribution in [0.5, 0.6) is 0 Å². The topological polar surface area (TPSA) is 131 Å². The van der Waals surface area contributed by atoms with Crippen molar-refractivity contribution < 1.29 is 14.3 Å². The number of ether oxygens (including phenoxy) is 1. The number of rotatable bonds is 7. The van der Waals surface area contributed by atoms with Crippen LogP contribution in [0.1, 0.15) is 15.9 Å². The monoisotopic (exact) mass is 426 g/mol. The minimum absolute atomic E-state index is 0.167. The van der Waals surface area contributed by atoms with E-state index in [1.165, 1.54) is 13.3 Å². The molecule has 0 fully saturated rings. The lowest BCUT2D eigenvalue weighted by Gasteiger charge is -2.13. The molecule has 2 aromatic carbocycles. The fraction of sp³-hybridized carbons (Fsp3) is 0.100. The van der Waals surface area contributed by atoms with Crippen LogP contribution in [-0.2, 0) is 11.3 Å². The highest BCUT2D eigenvalue weighted by Crippen LogP contribution is 2.27. The van der Waals surface area contributed by atoms with E-state index in [0.717, 1.165) is 5.56 Å². The van der Waals surface area contributed by atoms with Crippen molar-refractivity contribution in [3.63, 3.8) is 0 Å². The van der Waals surface area contributed by atoms with E-state index in [1.807, 2.05) is 30.3 Å². The Labute approximate surface area is 177 Å². The minimum Gasteiger partial charge on any atom is -0.453 e. The number of aromatic nitrogens is 2. The van der Waals surface area contributed by atoms with Gasteiger partial charge < -0.3 is 21.1 Å². The number of nitrogens with one attached hydrogen (secondary N) is 3. The van der Waals surface area contributed by atoms with Crippen molar-refractivity contribution in [1.82, 2.24) is 9.97 Å². The number of nitrogens with zero attached hydrogens (tertiary/aromatic N) is 2. The summed E-state index contributed by atoms with van der Waals surface area (Å²) in [5.41, 5.74) is 7.53. The summed E-state index contributed by atoms with van der Waals surface area (Å²) in [7, 11) is 1.25. The quantitative estimate of drug-likeness (QED) is 0.452. The zero-order valence-corrected chi connectivity index (χ0v) is 16.7. The molecule has 5 N–H and O–H groups in total. The van der Waals surface area contributed by atoms with Crippen molar-refractivity contribution in [1.29, 1.82) is 0 Å². The van der Waals surface area contributed by atoms with Crippen LogP contribution in [0.25, 0.3) is 0 Å². The molecule has 0 unspecified atom stereocenters. The molecule has 0 spiro atoms. The fourth-order valence-electron chi connectivity index (χ4n) is 2.53. The third-order valence-corrected chi connectivity index (χ3v) is 4.33. The molecule has 3 aromatic rings. The number of hydrogen-bond acceptors (Lipinski definition) is 7. The van der Waals surface area contributed by atoms with E-state index in [-0.39, 0.29) is 11.5 Å². The van der Waals surface area contributed by atoms with Crippen molar-refractivity contribution in [3.8, 4) is 0 Å². The van der Waals surface area contributed by atoms with Gasteiger partial charge in [0.2, 0.25) is 5.95 Å². The number of hydrogen-bond donors (Lipinski definition) is 4. The summed E-state index contributed by atoms with van der Waals surface area (Å²) >= 11 is 6.09. The number of primary amides is 1. The molecular formula is C20H19ClN6O3. The molecule has 10 heteroatoms. The van der Waals surface area contributed by atoms with Crippen LogP contribution >= 0.6 is 11.6 Å². The molecule has 0 aliphatic rings. The van der Waals surface area contributed by atoms with Gasteiger partial charge in [0.25, 0.3) is 5.91 Å². The van der Waals surface area contributed by atoms with Gasteiger partial charge in [0.15, 0.2) is 0 Å². The van der Waals surface area contributed by atoms with E-state index < -0.39 is 12.0 Å². The predicted molar refractivity (Wildman–Crippen MR) is 115 cm³/mol. The zero-order chi connectivity index (χ0) is 21.5. The first-order valence-corrected chi connectivity index (χ1v) is 9.20. The van der Waals surface area contributed by atoms with E-state index in [4.69, 9.17) is 17.3 Å². The van der Waals surface area contributed by atoms with Gasteiger partial charge in [0.1, 0.15) is 5.82 Å². The second-order valence-electron chi connectivity index (χ2n) is 6.10. The number of carbonyl (C=O) groups excluding carboxylic acids is 2. The van der Waals surface area contributed by atoms with Gasteiger partial charge >= 0.3 is 6.09 Å². The normalized spacial score (nSPS) is 10.2. The molecule has 1 aromatic heterocycles. The van der Waals surface area contributed by atoms with E-state index in [0.29, 0.717) is 28.8 Å². The molecule has 9 nitrogen and oxygen atoms in total. The molecule has 154 valence electrons. The first-order valence-electron chi connectivity index (χ1n) is 8.82. The Kier molecular flexibility index (Phi) is 6.66. The summed E-state index contributed by atoms with van der Waals surface area (Å²) in [6.07, 6.45) is 0.692. The van der Waals surface area contributed by atoms with Crippen LogP contribution in [0.4, 0.5) is 27.9 Å². The van der Waals surface area contributed by atoms with Crippen molar-refractivity contribution >= 4 is 46.7 Å². The average Bonchev–Trinajstić information content (AvgIpc) is 2.75. The van der Waals surface area contributed by atoms with Gasteiger partial charge in [-0.2, -0.15) is 4.98 Å². The second kappa shape index (κ2) is 9.57. The lowest BCUT2D eigenvalue weighted by Crippen LogP contribution is -2.17. The highest BCUT2D eigenvalue weighted by Gasteiger charge is 2.13. The Morgan fingerprint density at radius 1 is 1.17 bits per heavy atom. The van der Waals surface area contributed by atoms with Gasteiger partial charge in [-0.25, -0.2) is 9.78 Å². The number of carbonyl (C=O) groups is 2. The number of methoxy groups -OCH3 is 1. The summed E-state index contributed by atoms with van der Waals surface area (Å²) in [5.74, 6) is -0.124. The molecule has 0 atom stereocenters. The molecule has 0 radical (unpaired) electrons. The van der Waals surface area contributed by atoms with Crippen LogP contribution in [0.15, 0.2) is 54.7 Å². The summed E-state index contributed by atoms with van der Waals surface area (Å²) in [6, 6.07) is 14.5. The molecular weight excluding hydrogens is 408 g/mol. The SMILES string of the molecule is COC(=O)Nc1cc(Nc2ncc(C(N)=O)c(NCc3ccccc3)n2)ccc1Cl. The second-order valence-corrected chi connectivity index (χ2v) is 6.50. The van der Waals surface area contributed by atoms with Crippen molar-refractivity contribution in [2.45, 2.75) is 6.54 Å². The Bertz CT molecular complexity index is 1060. The van der Waals surface area contributed by atoms with Gasteiger partial charge in [-0.1, -0.05) is 41.9 Å². The first-order chi connectivity index (χ1) is 14.5. The largest absolute Gasteiger partial charge is 0.453 e. The number of amides is 2.